The van der Waals surface area contributed by atoms with Gasteiger partial charge in [0.15, 0.2) is 6.10 Å². The maximum Gasteiger partial charge on any atom is 0.261 e. The average molecular weight is 338 g/mol. The number of rotatable bonds is 4. The second kappa shape index (κ2) is 7.41. The van der Waals surface area contributed by atoms with Gasteiger partial charge in [0, 0.05) is 10.6 Å². The predicted molar refractivity (Wildman–Crippen MR) is 93.9 cm³/mol. The molecule has 2 atom stereocenters. The van der Waals surface area contributed by atoms with Crippen molar-refractivity contribution in [2.24, 2.45) is 0 Å². The van der Waals surface area contributed by atoms with Gasteiger partial charge in [-0.3, -0.25) is 4.79 Å². The average Bonchev–Trinajstić information content (AvgIpc) is 2.62. The van der Waals surface area contributed by atoms with Crippen molar-refractivity contribution in [1.29, 1.82) is 5.26 Å². The molecule has 1 N–H and O–H groups in total. The molecule has 4 nitrogen and oxygen atoms in total. The van der Waals surface area contributed by atoms with Crippen LogP contribution in [0.4, 0.5) is 0 Å². The zero-order valence-electron chi connectivity index (χ0n) is 13.4. The van der Waals surface area contributed by atoms with Crippen molar-refractivity contribution in [2.45, 2.75) is 30.4 Å². The number of nitriles is 1. The number of hydrogen-bond donors (Lipinski definition) is 1. The highest BCUT2D eigenvalue weighted by atomic mass is 32.2. The van der Waals surface area contributed by atoms with Gasteiger partial charge in [0.05, 0.1) is 17.7 Å². The molecule has 0 fully saturated rings. The first kappa shape index (κ1) is 16.4. The van der Waals surface area contributed by atoms with E-state index in [9.17, 15) is 4.79 Å². The largest absolute Gasteiger partial charge is 0.481 e. The maximum atomic E-state index is 12.5. The van der Waals surface area contributed by atoms with Crippen LogP contribution in [0.3, 0.4) is 0 Å². The number of ether oxygens (including phenoxy) is 1. The number of benzene rings is 2. The summed E-state index contributed by atoms with van der Waals surface area (Å²) in [6, 6.07) is 17.0. The topological polar surface area (TPSA) is 62.1 Å². The number of carbonyl (C=O) groups excluding carboxylic acids is 1. The Kier molecular flexibility index (Phi) is 5.07. The zero-order valence-corrected chi connectivity index (χ0v) is 14.2. The minimum atomic E-state index is -0.598. The smallest absolute Gasteiger partial charge is 0.261 e. The molecule has 0 saturated heterocycles. The number of hydrogen-bond acceptors (Lipinski definition) is 4. The van der Waals surface area contributed by atoms with Crippen LogP contribution in [0.25, 0.3) is 0 Å². The fourth-order valence-corrected chi connectivity index (χ4v) is 3.77. The molecule has 2 unspecified atom stereocenters. The number of fused-ring (bicyclic) bond motifs is 1. The molecular formula is C19H18N2O2S. The van der Waals surface area contributed by atoms with Crippen LogP contribution in [0.15, 0.2) is 53.4 Å². The van der Waals surface area contributed by atoms with E-state index in [1.165, 1.54) is 10.5 Å². The monoisotopic (exact) mass is 338 g/mol. The van der Waals surface area contributed by atoms with Gasteiger partial charge in [0.1, 0.15) is 5.75 Å². The van der Waals surface area contributed by atoms with Gasteiger partial charge in [0.2, 0.25) is 0 Å². The summed E-state index contributed by atoms with van der Waals surface area (Å²) in [6.07, 6.45) is 0.316. The molecule has 0 spiro atoms. The van der Waals surface area contributed by atoms with Crippen LogP contribution < -0.4 is 10.1 Å². The van der Waals surface area contributed by atoms with Crippen molar-refractivity contribution in [3.05, 3.63) is 59.7 Å². The second-order valence-electron chi connectivity index (χ2n) is 5.63. The lowest BCUT2D eigenvalue weighted by Gasteiger charge is -2.27. The standard InChI is InChI=1S/C19H18N2O2S/c1-13(23-15-8-6-14(12-20)7-9-15)19(22)21-17-10-11-24-18-5-3-2-4-16(17)18/h2-9,13,17H,10-11H2,1H3,(H,21,22). The summed E-state index contributed by atoms with van der Waals surface area (Å²) in [6.45, 7) is 1.73. The molecule has 1 aliphatic rings. The molecule has 0 aliphatic carbocycles. The molecule has 2 aromatic rings. The molecule has 1 amide bonds. The summed E-state index contributed by atoms with van der Waals surface area (Å²) in [5.74, 6) is 1.44. The van der Waals surface area contributed by atoms with Gasteiger partial charge >= 0.3 is 0 Å². The number of amides is 1. The van der Waals surface area contributed by atoms with Crippen molar-refractivity contribution < 1.29 is 9.53 Å². The van der Waals surface area contributed by atoms with Crippen molar-refractivity contribution >= 4 is 17.7 Å². The second-order valence-corrected chi connectivity index (χ2v) is 6.77. The van der Waals surface area contributed by atoms with Crippen LogP contribution in [-0.4, -0.2) is 17.8 Å². The Labute approximate surface area is 145 Å². The third-order valence-corrected chi connectivity index (χ3v) is 5.06. The molecule has 0 radical (unpaired) electrons. The van der Waals surface area contributed by atoms with E-state index in [0.717, 1.165) is 12.2 Å². The number of nitrogens with one attached hydrogen (secondary N) is 1. The Morgan fingerprint density at radius 3 is 2.79 bits per heavy atom. The van der Waals surface area contributed by atoms with Gasteiger partial charge in [0.25, 0.3) is 5.91 Å². The minimum absolute atomic E-state index is 0.0296. The number of carbonyl (C=O) groups is 1. The molecule has 1 aliphatic heterocycles. The molecule has 122 valence electrons. The van der Waals surface area contributed by atoms with Crippen LogP contribution in [-0.2, 0) is 4.79 Å². The first-order valence-electron chi connectivity index (χ1n) is 7.86. The summed E-state index contributed by atoms with van der Waals surface area (Å²) in [4.78, 5) is 13.7. The summed E-state index contributed by atoms with van der Waals surface area (Å²) in [7, 11) is 0. The molecule has 0 saturated carbocycles. The van der Waals surface area contributed by atoms with Gasteiger partial charge in [-0.05, 0) is 49.2 Å². The third kappa shape index (κ3) is 3.72. The number of thioether (sulfide) groups is 1. The van der Waals surface area contributed by atoms with E-state index in [1.807, 2.05) is 23.9 Å². The Bertz CT molecular complexity index is 768. The fourth-order valence-electron chi connectivity index (χ4n) is 2.65. The van der Waals surface area contributed by atoms with E-state index >= 15 is 0 Å². The summed E-state index contributed by atoms with van der Waals surface area (Å²) in [5, 5.41) is 11.9. The van der Waals surface area contributed by atoms with E-state index in [2.05, 4.69) is 23.5 Å². The minimum Gasteiger partial charge on any atom is -0.481 e. The van der Waals surface area contributed by atoms with Crippen molar-refractivity contribution in [3.8, 4) is 11.8 Å². The first-order chi connectivity index (χ1) is 11.7. The number of nitrogens with zero attached hydrogens (tertiary/aromatic N) is 1. The van der Waals surface area contributed by atoms with Gasteiger partial charge in [-0.25, -0.2) is 0 Å². The molecule has 1 heterocycles. The lowest BCUT2D eigenvalue weighted by molar-refractivity contribution is -0.128. The quantitative estimate of drug-likeness (QED) is 0.924. The van der Waals surface area contributed by atoms with Crippen molar-refractivity contribution in [2.75, 3.05) is 5.75 Å². The molecule has 0 bridgehead atoms. The SMILES string of the molecule is CC(Oc1ccc(C#N)cc1)C(=O)NC1CCSc2ccccc21. The van der Waals surface area contributed by atoms with Crippen LogP contribution in [0.1, 0.15) is 30.5 Å². The summed E-state index contributed by atoms with van der Waals surface area (Å²) < 4.78 is 5.68. The Balaban J connectivity index is 1.63. The Morgan fingerprint density at radius 1 is 1.29 bits per heavy atom. The summed E-state index contributed by atoms with van der Waals surface area (Å²) in [5.41, 5.74) is 1.74. The molecule has 3 rings (SSSR count). The Hall–Kier alpha value is -2.45. The fraction of sp³-hybridized carbons (Fsp3) is 0.263. The third-order valence-electron chi connectivity index (χ3n) is 3.94. The molecule has 2 aromatic carbocycles. The lowest BCUT2D eigenvalue weighted by atomic mass is 10.0. The van der Waals surface area contributed by atoms with E-state index in [1.54, 1.807) is 31.2 Å². The highest BCUT2D eigenvalue weighted by molar-refractivity contribution is 7.99. The predicted octanol–water partition coefficient (Wildman–Crippen LogP) is 3.68. The molecule has 5 heteroatoms. The molecular weight excluding hydrogens is 320 g/mol. The lowest BCUT2D eigenvalue weighted by Crippen LogP contribution is -2.39. The summed E-state index contributed by atoms with van der Waals surface area (Å²) >= 11 is 1.83. The maximum absolute atomic E-state index is 12.5. The zero-order chi connectivity index (χ0) is 16.9. The van der Waals surface area contributed by atoms with E-state index in [-0.39, 0.29) is 11.9 Å². The molecule has 24 heavy (non-hydrogen) atoms. The van der Waals surface area contributed by atoms with Crippen molar-refractivity contribution in [1.82, 2.24) is 5.32 Å². The normalized spacial score (nSPS) is 17.2. The first-order valence-corrected chi connectivity index (χ1v) is 8.85. The molecule has 0 aromatic heterocycles. The van der Waals surface area contributed by atoms with Crippen LogP contribution in [0, 0.1) is 11.3 Å². The van der Waals surface area contributed by atoms with E-state index < -0.39 is 6.10 Å². The van der Waals surface area contributed by atoms with Crippen LogP contribution in [0.2, 0.25) is 0 Å². The van der Waals surface area contributed by atoms with Gasteiger partial charge in [-0.1, -0.05) is 18.2 Å². The van der Waals surface area contributed by atoms with E-state index in [0.29, 0.717) is 11.3 Å². The van der Waals surface area contributed by atoms with Crippen LogP contribution in [0.5, 0.6) is 5.75 Å². The van der Waals surface area contributed by atoms with Crippen molar-refractivity contribution in [3.63, 3.8) is 0 Å². The Morgan fingerprint density at radius 2 is 2.04 bits per heavy atom. The van der Waals surface area contributed by atoms with Crippen LogP contribution >= 0.6 is 11.8 Å². The van der Waals surface area contributed by atoms with E-state index in [4.69, 9.17) is 10.00 Å². The van der Waals surface area contributed by atoms with Gasteiger partial charge < -0.3 is 10.1 Å². The highest BCUT2D eigenvalue weighted by Crippen LogP contribution is 2.35. The van der Waals surface area contributed by atoms with Gasteiger partial charge in [-0.15, -0.1) is 11.8 Å². The highest BCUT2D eigenvalue weighted by Gasteiger charge is 2.24. The van der Waals surface area contributed by atoms with Gasteiger partial charge in [-0.2, -0.15) is 5.26 Å².